The van der Waals surface area contributed by atoms with E-state index in [4.69, 9.17) is 0 Å². The zero-order valence-corrected chi connectivity index (χ0v) is 7.84. The Bertz CT molecular complexity index is 208. The normalized spacial score (nSPS) is 20.6. The largest absolute Gasteiger partial charge is 0.372 e. The van der Waals surface area contributed by atoms with Crippen molar-refractivity contribution < 1.29 is 0 Å². The molecule has 4 nitrogen and oxygen atoms in total. The lowest BCUT2D eigenvalue weighted by Gasteiger charge is -2.02. The van der Waals surface area contributed by atoms with Crippen molar-refractivity contribution in [3.63, 3.8) is 0 Å². The van der Waals surface area contributed by atoms with Gasteiger partial charge in [-0.1, -0.05) is 0 Å². The maximum Gasteiger partial charge on any atom is 0.0964 e. The molecule has 0 saturated carbocycles. The second kappa shape index (κ2) is 4.25. The van der Waals surface area contributed by atoms with E-state index in [-0.39, 0.29) is 0 Å². The number of nitrogens with zero attached hydrogens (tertiary/aromatic N) is 2. The van der Waals surface area contributed by atoms with Crippen molar-refractivity contribution in [2.75, 3.05) is 26.2 Å². The van der Waals surface area contributed by atoms with Crippen LogP contribution in [0.3, 0.4) is 0 Å². The van der Waals surface area contributed by atoms with Gasteiger partial charge in [0.25, 0.3) is 0 Å². The van der Waals surface area contributed by atoms with Crippen molar-refractivity contribution in [1.29, 1.82) is 0 Å². The minimum absolute atomic E-state index is 0.953. The van der Waals surface area contributed by atoms with Crippen molar-refractivity contribution in [1.82, 2.24) is 10.6 Å². The van der Waals surface area contributed by atoms with E-state index in [0.717, 1.165) is 45.4 Å². The molecule has 0 aromatic heterocycles. The standard InChI is InChI=1S/C9H16N4/c1(2-8-10-4-5-11-8)3-9-12-6-7-13-9/h1-7H2,(H,10,11)(H,12,13). The zero-order chi connectivity index (χ0) is 8.93. The molecule has 0 bridgehead atoms. The van der Waals surface area contributed by atoms with Crippen molar-refractivity contribution in [3.8, 4) is 0 Å². The van der Waals surface area contributed by atoms with E-state index in [9.17, 15) is 0 Å². The van der Waals surface area contributed by atoms with Crippen LogP contribution in [0.15, 0.2) is 9.98 Å². The fraction of sp³-hybridized carbons (Fsp3) is 0.778. The van der Waals surface area contributed by atoms with Crippen LogP contribution in [-0.4, -0.2) is 37.9 Å². The Morgan fingerprint density at radius 2 is 1.46 bits per heavy atom. The SMILES string of the molecule is C(CC1=NCCN1)CC1=NCCN1. The summed E-state index contributed by atoms with van der Waals surface area (Å²) in [5, 5.41) is 6.54. The lowest BCUT2D eigenvalue weighted by molar-refractivity contribution is 0.866. The summed E-state index contributed by atoms with van der Waals surface area (Å²) in [5.74, 6) is 2.36. The van der Waals surface area contributed by atoms with Gasteiger partial charge in [0.1, 0.15) is 0 Å². The number of nitrogens with one attached hydrogen (secondary N) is 2. The van der Waals surface area contributed by atoms with E-state index in [0.29, 0.717) is 0 Å². The van der Waals surface area contributed by atoms with Gasteiger partial charge in [-0.3, -0.25) is 9.98 Å². The van der Waals surface area contributed by atoms with Gasteiger partial charge in [0, 0.05) is 25.9 Å². The fourth-order valence-electron chi connectivity index (χ4n) is 1.65. The number of amidine groups is 2. The van der Waals surface area contributed by atoms with Crippen LogP contribution in [-0.2, 0) is 0 Å². The number of rotatable bonds is 4. The van der Waals surface area contributed by atoms with Crippen LogP contribution in [0.25, 0.3) is 0 Å². The summed E-state index contributed by atoms with van der Waals surface area (Å²) < 4.78 is 0. The maximum atomic E-state index is 4.35. The third kappa shape index (κ3) is 2.44. The molecule has 0 saturated heterocycles. The molecule has 0 aliphatic carbocycles. The van der Waals surface area contributed by atoms with Gasteiger partial charge in [0.05, 0.1) is 24.8 Å². The summed E-state index contributed by atoms with van der Waals surface area (Å²) in [6.07, 6.45) is 3.29. The second-order valence-corrected chi connectivity index (χ2v) is 3.36. The second-order valence-electron chi connectivity index (χ2n) is 3.36. The lowest BCUT2D eigenvalue weighted by Crippen LogP contribution is -2.21. The van der Waals surface area contributed by atoms with Crippen LogP contribution in [0.2, 0.25) is 0 Å². The fourth-order valence-corrected chi connectivity index (χ4v) is 1.65. The maximum absolute atomic E-state index is 4.35. The lowest BCUT2D eigenvalue weighted by atomic mass is 10.2. The number of aliphatic imine (C=N–C) groups is 2. The van der Waals surface area contributed by atoms with E-state index in [1.807, 2.05) is 0 Å². The zero-order valence-electron chi connectivity index (χ0n) is 7.84. The Labute approximate surface area is 78.5 Å². The molecule has 0 aromatic carbocycles. The summed E-state index contributed by atoms with van der Waals surface area (Å²) in [7, 11) is 0. The van der Waals surface area contributed by atoms with Gasteiger partial charge in [-0.25, -0.2) is 0 Å². The molecule has 2 heterocycles. The first-order chi connectivity index (χ1) is 6.45. The van der Waals surface area contributed by atoms with Crippen LogP contribution >= 0.6 is 0 Å². The van der Waals surface area contributed by atoms with Gasteiger partial charge in [-0.05, 0) is 6.42 Å². The first kappa shape index (κ1) is 8.53. The predicted octanol–water partition coefficient (Wildman–Crippen LogP) is 0.160. The van der Waals surface area contributed by atoms with Gasteiger partial charge >= 0.3 is 0 Å². The highest BCUT2D eigenvalue weighted by Crippen LogP contribution is 2.02. The molecule has 2 N–H and O–H groups in total. The van der Waals surface area contributed by atoms with E-state index < -0.39 is 0 Å². The van der Waals surface area contributed by atoms with E-state index in [2.05, 4.69) is 20.6 Å². The third-order valence-electron chi connectivity index (χ3n) is 2.31. The van der Waals surface area contributed by atoms with Crippen LogP contribution in [0, 0.1) is 0 Å². The average molecular weight is 180 g/mol. The molecule has 0 aromatic rings. The Balaban J connectivity index is 1.63. The number of hydrogen-bond donors (Lipinski definition) is 2. The monoisotopic (exact) mass is 180 g/mol. The minimum Gasteiger partial charge on any atom is -0.372 e. The number of hydrogen-bond acceptors (Lipinski definition) is 4. The van der Waals surface area contributed by atoms with Crippen LogP contribution in [0.1, 0.15) is 19.3 Å². The Morgan fingerprint density at radius 3 is 1.85 bits per heavy atom. The first-order valence-electron chi connectivity index (χ1n) is 4.99. The van der Waals surface area contributed by atoms with E-state index >= 15 is 0 Å². The third-order valence-corrected chi connectivity index (χ3v) is 2.31. The summed E-state index contributed by atoms with van der Waals surface area (Å²) in [6, 6.07) is 0. The highest BCUT2D eigenvalue weighted by molar-refractivity contribution is 5.86. The van der Waals surface area contributed by atoms with E-state index in [1.165, 1.54) is 11.7 Å². The molecule has 0 unspecified atom stereocenters. The summed E-state index contributed by atoms with van der Waals surface area (Å²) >= 11 is 0. The molecule has 72 valence electrons. The molecule has 0 radical (unpaired) electrons. The highest BCUT2D eigenvalue weighted by atomic mass is 15.1. The van der Waals surface area contributed by atoms with Crippen molar-refractivity contribution in [2.45, 2.75) is 19.3 Å². The van der Waals surface area contributed by atoms with Crippen molar-refractivity contribution in [2.24, 2.45) is 9.98 Å². The smallest absolute Gasteiger partial charge is 0.0964 e. The van der Waals surface area contributed by atoms with Crippen LogP contribution in [0.4, 0.5) is 0 Å². The van der Waals surface area contributed by atoms with E-state index in [1.54, 1.807) is 0 Å². The molecule has 2 aliphatic heterocycles. The minimum atomic E-state index is 0.953. The molecule has 0 amide bonds. The Kier molecular flexibility index (Phi) is 2.79. The first-order valence-corrected chi connectivity index (χ1v) is 4.99. The molecule has 0 atom stereocenters. The Morgan fingerprint density at radius 1 is 0.923 bits per heavy atom. The quantitative estimate of drug-likeness (QED) is 0.647. The van der Waals surface area contributed by atoms with Crippen LogP contribution in [0.5, 0.6) is 0 Å². The molecule has 0 fully saturated rings. The molecule has 2 rings (SSSR count). The molecule has 2 aliphatic rings. The van der Waals surface area contributed by atoms with Crippen molar-refractivity contribution >= 4 is 11.7 Å². The highest BCUT2D eigenvalue weighted by Gasteiger charge is 2.07. The van der Waals surface area contributed by atoms with Gasteiger partial charge in [0.2, 0.25) is 0 Å². The molecule has 4 heteroatoms. The average Bonchev–Trinajstić information content (AvgIpc) is 2.75. The molecule has 13 heavy (non-hydrogen) atoms. The summed E-state index contributed by atoms with van der Waals surface area (Å²) in [5.41, 5.74) is 0. The van der Waals surface area contributed by atoms with Crippen LogP contribution < -0.4 is 10.6 Å². The van der Waals surface area contributed by atoms with Gasteiger partial charge in [-0.15, -0.1) is 0 Å². The van der Waals surface area contributed by atoms with Gasteiger partial charge < -0.3 is 10.6 Å². The topological polar surface area (TPSA) is 48.8 Å². The Hall–Kier alpha value is -1.06. The van der Waals surface area contributed by atoms with Crippen molar-refractivity contribution in [3.05, 3.63) is 0 Å². The molecular formula is C9H16N4. The molecular weight excluding hydrogens is 164 g/mol. The summed E-state index contributed by atoms with van der Waals surface area (Å²) in [6.45, 7) is 3.95. The molecule has 0 spiro atoms. The van der Waals surface area contributed by atoms with Gasteiger partial charge in [-0.2, -0.15) is 0 Å². The summed E-state index contributed by atoms with van der Waals surface area (Å²) in [4.78, 5) is 8.69. The van der Waals surface area contributed by atoms with Gasteiger partial charge in [0.15, 0.2) is 0 Å². The predicted molar refractivity (Wildman–Crippen MR) is 54.5 cm³/mol.